The van der Waals surface area contributed by atoms with Crippen molar-refractivity contribution in [1.29, 1.82) is 0 Å². The van der Waals surface area contributed by atoms with Crippen molar-refractivity contribution in [3.8, 4) is 0 Å². The van der Waals surface area contributed by atoms with Crippen LogP contribution < -0.4 is 9.62 Å². The number of nitrogens with zero attached hydrogens (tertiary/aromatic N) is 2. The quantitative estimate of drug-likeness (QED) is 0.797. The molecule has 0 amide bonds. The Hall–Kier alpha value is -0.780. The predicted molar refractivity (Wildman–Crippen MR) is 78.5 cm³/mol. The molecule has 2 heterocycles. The monoisotopic (exact) mass is 281 g/mol. The van der Waals surface area contributed by atoms with Gasteiger partial charge in [0.05, 0.1) is 11.2 Å². The summed E-state index contributed by atoms with van der Waals surface area (Å²) in [6, 6.07) is 7.45. The van der Waals surface area contributed by atoms with Gasteiger partial charge in [0.1, 0.15) is 5.82 Å². The van der Waals surface area contributed by atoms with Gasteiger partial charge in [0.15, 0.2) is 0 Å². The Morgan fingerprint density at radius 2 is 2.32 bits per heavy atom. The van der Waals surface area contributed by atoms with Gasteiger partial charge in [0.2, 0.25) is 0 Å². The highest BCUT2D eigenvalue weighted by atomic mass is 32.2. The molecule has 2 saturated heterocycles. The standard InChI is InChI=1S/C14H20FN3S/c1-11-9-14(6-7-16-11)10-17(2)19-18(14)13-5-3-4-12(15)8-13/h3-5,8,11,16H,6-7,9-10H2,1-2H3/t11-,14+/m0/s1. The topological polar surface area (TPSA) is 18.5 Å². The second kappa shape index (κ2) is 4.96. The van der Waals surface area contributed by atoms with Crippen LogP contribution in [0.3, 0.4) is 0 Å². The summed E-state index contributed by atoms with van der Waals surface area (Å²) in [6.45, 7) is 4.29. The van der Waals surface area contributed by atoms with Gasteiger partial charge in [-0.2, -0.15) is 0 Å². The molecule has 0 unspecified atom stereocenters. The lowest BCUT2D eigenvalue weighted by atomic mass is 9.84. The van der Waals surface area contributed by atoms with E-state index in [1.807, 2.05) is 6.07 Å². The average Bonchev–Trinajstić information content (AvgIpc) is 2.65. The summed E-state index contributed by atoms with van der Waals surface area (Å²) >= 11 is 1.71. The molecule has 2 aliphatic heterocycles. The maximum atomic E-state index is 13.5. The van der Waals surface area contributed by atoms with Gasteiger partial charge in [0, 0.05) is 24.7 Å². The number of hydrogen-bond donors (Lipinski definition) is 1. The smallest absolute Gasteiger partial charge is 0.125 e. The first-order valence-corrected chi connectivity index (χ1v) is 7.50. The largest absolute Gasteiger partial charge is 0.314 e. The number of anilines is 1. The van der Waals surface area contributed by atoms with E-state index in [1.165, 1.54) is 6.07 Å². The minimum absolute atomic E-state index is 0.123. The molecule has 5 heteroatoms. The first-order chi connectivity index (χ1) is 9.09. The maximum absolute atomic E-state index is 13.5. The van der Waals surface area contributed by atoms with Crippen molar-refractivity contribution in [2.24, 2.45) is 0 Å². The number of nitrogens with one attached hydrogen (secondary N) is 1. The van der Waals surface area contributed by atoms with E-state index in [4.69, 9.17) is 0 Å². The molecule has 0 aliphatic carbocycles. The number of halogens is 1. The fourth-order valence-electron chi connectivity index (χ4n) is 3.28. The molecule has 1 spiro atoms. The average molecular weight is 281 g/mol. The summed E-state index contributed by atoms with van der Waals surface area (Å²) in [5, 5.41) is 3.50. The minimum atomic E-state index is -0.162. The van der Waals surface area contributed by atoms with E-state index in [9.17, 15) is 4.39 Å². The van der Waals surface area contributed by atoms with Crippen molar-refractivity contribution in [3.63, 3.8) is 0 Å². The second-order valence-electron chi connectivity index (χ2n) is 5.68. The van der Waals surface area contributed by atoms with Gasteiger partial charge in [-0.3, -0.25) is 4.31 Å². The van der Waals surface area contributed by atoms with Crippen LogP contribution in [0.25, 0.3) is 0 Å². The van der Waals surface area contributed by atoms with Gasteiger partial charge in [-0.25, -0.2) is 8.70 Å². The van der Waals surface area contributed by atoms with Crippen molar-refractivity contribution >= 4 is 17.8 Å². The van der Waals surface area contributed by atoms with Crippen LogP contribution in [0, 0.1) is 5.82 Å². The fraction of sp³-hybridized carbons (Fsp3) is 0.571. The van der Waals surface area contributed by atoms with Crippen molar-refractivity contribution in [3.05, 3.63) is 30.1 Å². The van der Waals surface area contributed by atoms with E-state index in [2.05, 4.69) is 27.9 Å². The van der Waals surface area contributed by atoms with Gasteiger partial charge in [0.25, 0.3) is 0 Å². The van der Waals surface area contributed by atoms with Crippen LogP contribution in [0.2, 0.25) is 0 Å². The number of rotatable bonds is 1. The molecule has 3 nitrogen and oxygen atoms in total. The van der Waals surface area contributed by atoms with Crippen LogP contribution in [-0.4, -0.2) is 36.0 Å². The van der Waals surface area contributed by atoms with E-state index < -0.39 is 0 Å². The molecule has 2 fully saturated rings. The Morgan fingerprint density at radius 3 is 3.05 bits per heavy atom. The summed E-state index contributed by atoms with van der Waals surface area (Å²) in [6.07, 6.45) is 2.20. The van der Waals surface area contributed by atoms with Gasteiger partial charge in [-0.05, 0) is 51.6 Å². The normalized spacial score (nSPS) is 32.2. The summed E-state index contributed by atoms with van der Waals surface area (Å²) in [4.78, 5) is 0. The minimum Gasteiger partial charge on any atom is -0.314 e. The van der Waals surface area contributed by atoms with Gasteiger partial charge >= 0.3 is 0 Å². The molecule has 0 aromatic heterocycles. The van der Waals surface area contributed by atoms with E-state index in [-0.39, 0.29) is 11.4 Å². The molecule has 0 radical (unpaired) electrons. The molecule has 0 saturated carbocycles. The zero-order chi connectivity index (χ0) is 13.5. The van der Waals surface area contributed by atoms with E-state index in [0.29, 0.717) is 6.04 Å². The summed E-state index contributed by atoms with van der Waals surface area (Å²) in [7, 11) is 2.11. The van der Waals surface area contributed by atoms with Gasteiger partial charge in [-0.15, -0.1) is 0 Å². The molecule has 1 N–H and O–H groups in total. The third kappa shape index (κ3) is 2.47. The summed E-state index contributed by atoms with van der Waals surface area (Å²) in [5.41, 5.74) is 1.10. The number of likely N-dealkylation sites (N-methyl/N-ethyl adjacent to an activating group) is 1. The Kier molecular flexibility index (Phi) is 3.45. The fourth-order valence-corrected chi connectivity index (χ4v) is 4.46. The van der Waals surface area contributed by atoms with Crippen molar-refractivity contribution in [2.75, 3.05) is 24.4 Å². The molecular weight excluding hydrogens is 261 g/mol. The van der Waals surface area contributed by atoms with Gasteiger partial charge < -0.3 is 5.32 Å². The van der Waals surface area contributed by atoms with Crippen LogP contribution in [-0.2, 0) is 0 Å². The molecular formula is C14H20FN3S. The highest BCUT2D eigenvalue weighted by molar-refractivity contribution is 7.98. The molecule has 1 aromatic carbocycles. The van der Waals surface area contributed by atoms with Crippen LogP contribution in [0.4, 0.5) is 10.1 Å². The van der Waals surface area contributed by atoms with Crippen LogP contribution in [0.1, 0.15) is 19.8 Å². The third-order valence-electron chi connectivity index (χ3n) is 3.98. The zero-order valence-corrected chi connectivity index (χ0v) is 12.2. The second-order valence-corrected chi connectivity index (χ2v) is 6.83. The Bertz CT molecular complexity index is 470. The highest BCUT2D eigenvalue weighted by Gasteiger charge is 2.47. The predicted octanol–water partition coefficient (Wildman–Crippen LogP) is 2.65. The van der Waals surface area contributed by atoms with E-state index in [0.717, 1.165) is 31.6 Å². The molecule has 19 heavy (non-hydrogen) atoms. The first-order valence-electron chi connectivity index (χ1n) is 6.77. The molecule has 1 aromatic rings. The highest BCUT2D eigenvalue weighted by Crippen LogP contribution is 2.45. The Balaban J connectivity index is 1.94. The molecule has 0 bridgehead atoms. The Morgan fingerprint density at radius 1 is 1.47 bits per heavy atom. The van der Waals surface area contributed by atoms with Crippen LogP contribution in [0.15, 0.2) is 24.3 Å². The van der Waals surface area contributed by atoms with Crippen molar-refractivity contribution in [1.82, 2.24) is 9.62 Å². The Labute approximate surface area is 118 Å². The number of hydrogen-bond acceptors (Lipinski definition) is 4. The van der Waals surface area contributed by atoms with Crippen molar-refractivity contribution < 1.29 is 4.39 Å². The molecule has 2 aliphatic rings. The molecule has 2 atom stereocenters. The van der Waals surface area contributed by atoms with Crippen molar-refractivity contribution in [2.45, 2.75) is 31.3 Å². The van der Waals surface area contributed by atoms with Gasteiger partial charge in [-0.1, -0.05) is 6.07 Å². The lowest BCUT2D eigenvalue weighted by Gasteiger charge is -2.43. The lowest BCUT2D eigenvalue weighted by Crippen LogP contribution is -2.55. The molecule has 104 valence electrons. The van der Waals surface area contributed by atoms with E-state index >= 15 is 0 Å². The van der Waals surface area contributed by atoms with Crippen LogP contribution >= 0.6 is 12.1 Å². The summed E-state index contributed by atoms with van der Waals surface area (Å²) in [5.74, 6) is -0.162. The van der Waals surface area contributed by atoms with E-state index in [1.54, 1.807) is 24.3 Å². The number of benzene rings is 1. The first kappa shape index (κ1) is 13.2. The third-order valence-corrected chi connectivity index (χ3v) is 5.15. The SMILES string of the molecule is C[C@H]1C[C@]2(CCN1)CN(C)SN2c1cccc(F)c1. The molecule has 3 rings (SSSR count). The van der Waals surface area contributed by atoms with Crippen LogP contribution in [0.5, 0.6) is 0 Å². The summed E-state index contributed by atoms with van der Waals surface area (Å²) < 4.78 is 18.1. The zero-order valence-electron chi connectivity index (χ0n) is 11.4. The lowest BCUT2D eigenvalue weighted by molar-refractivity contribution is 0.259. The maximum Gasteiger partial charge on any atom is 0.125 e. The number of piperidine rings is 1.